The Labute approximate surface area is 340 Å². The second kappa shape index (κ2) is 18.5. The van der Waals surface area contributed by atoms with Crippen LogP contribution in [0.2, 0.25) is 0 Å². The average molecular weight is 901 g/mol. The van der Waals surface area contributed by atoms with E-state index in [4.69, 9.17) is 24.0 Å². The maximum atomic E-state index is 15.4. The smallest absolute Gasteiger partial charge is 0.407 e. The molecule has 0 aliphatic heterocycles. The number of amides is 1. The molecule has 0 aliphatic carbocycles. The first-order valence-electron chi connectivity index (χ1n) is 17.3. The van der Waals surface area contributed by atoms with Crippen molar-refractivity contribution in [2.45, 2.75) is 68.8 Å². The number of rotatable bonds is 16. The van der Waals surface area contributed by atoms with Crippen LogP contribution >= 0.6 is 34.4 Å². The maximum absolute atomic E-state index is 15.4. The third-order valence-electron chi connectivity index (χ3n) is 8.12. The van der Waals surface area contributed by atoms with Gasteiger partial charge >= 0.3 is 6.09 Å². The Kier molecular flexibility index (Phi) is 14.0. The number of tetrazole rings is 1. The number of aromatic nitrogens is 4. The molecule has 1 heterocycles. The molecule has 5 rings (SSSR count). The average Bonchev–Trinajstić information content (AvgIpc) is 3.61. The minimum Gasteiger partial charge on any atom is -0.497 e. The van der Waals surface area contributed by atoms with Crippen molar-refractivity contribution in [1.82, 2.24) is 29.8 Å². The van der Waals surface area contributed by atoms with E-state index in [0.29, 0.717) is 37.8 Å². The van der Waals surface area contributed by atoms with Gasteiger partial charge < -0.3 is 24.3 Å². The molecule has 0 saturated carbocycles. The van der Waals surface area contributed by atoms with E-state index in [-0.39, 0.29) is 29.9 Å². The summed E-state index contributed by atoms with van der Waals surface area (Å²) in [6.45, 7) is 7.64. The van der Waals surface area contributed by atoms with Crippen LogP contribution in [0, 0.1) is 3.57 Å². The molecule has 0 aliphatic rings. The summed E-state index contributed by atoms with van der Waals surface area (Å²) in [6.07, 6.45) is -0.556. The standard InChI is InChI=1S/C39H45IN6O7S2/c1-26(41-38(47)53-39(2,3)4)25-54-34-21-20-33(40)35(37-42-44-46(43-37)24-29-12-18-32(52-7)19-13-29)36(34)55(48,49)45(22-27-8-14-30(50-5)15-9-27)23-28-10-16-31(51-6)17-11-28/h8-21,26H,22-25H2,1-7H3,(H,41,47). The number of methoxy groups -OCH3 is 3. The Morgan fingerprint density at radius 3 is 1.84 bits per heavy atom. The van der Waals surface area contributed by atoms with Gasteiger partial charge in [0.25, 0.3) is 0 Å². The highest BCUT2D eigenvalue weighted by Crippen LogP contribution is 2.40. The first kappa shape index (κ1) is 41.8. The first-order chi connectivity index (χ1) is 26.2. The van der Waals surface area contributed by atoms with Crippen LogP contribution in [0.4, 0.5) is 4.79 Å². The van der Waals surface area contributed by atoms with Gasteiger partial charge in [0, 0.05) is 33.3 Å². The van der Waals surface area contributed by atoms with Crippen LogP contribution in [0.1, 0.15) is 44.4 Å². The number of benzene rings is 4. The van der Waals surface area contributed by atoms with E-state index >= 15 is 8.42 Å². The van der Waals surface area contributed by atoms with Crippen LogP contribution in [0.25, 0.3) is 11.4 Å². The number of halogens is 1. The predicted molar refractivity (Wildman–Crippen MR) is 220 cm³/mol. The zero-order valence-corrected chi connectivity index (χ0v) is 35.6. The van der Waals surface area contributed by atoms with Gasteiger partial charge in [-0.3, -0.25) is 0 Å². The summed E-state index contributed by atoms with van der Waals surface area (Å²) in [7, 11) is 0.457. The largest absolute Gasteiger partial charge is 0.497 e. The molecule has 1 N–H and O–H groups in total. The van der Waals surface area contributed by atoms with Crippen LogP contribution in [-0.2, 0) is 34.4 Å². The van der Waals surface area contributed by atoms with Crippen LogP contribution in [0.15, 0.2) is 94.7 Å². The molecule has 0 fully saturated rings. The molecule has 0 radical (unpaired) electrons. The molecule has 0 saturated heterocycles. The highest BCUT2D eigenvalue weighted by molar-refractivity contribution is 14.1. The van der Waals surface area contributed by atoms with Crippen molar-refractivity contribution in [3.63, 3.8) is 0 Å². The fourth-order valence-electron chi connectivity index (χ4n) is 5.41. The third kappa shape index (κ3) is 11.3. The molecule has 1 atom stereocenters. The zero-order chi connectivity index (χ0) is 39.8. The highest BCUT2D eigenvalue weighted by atomic mass is 127. The summed E-state index contributed by atoms with van der Waals surface area (Å²) in [5.74, 6) is 2.54. The van der Waals surface area contributed by atoms with Gasteiger partial charge in [0.1, 0.15) is 27.7 Å². The summed E-state index contributed by atoms with van der Waals surface area (Å²) in [5.41, 5.74) is 2.09. The monoisotopic (exact) mass is 900 g/mol. The fraction of sp³-hybridized carbons (Fsp3) is 0.333. The number of hydrogen-bond donors (Lipinski definition) is 1. The van der Waals surface area contributed by atoms with Crippen LogP contribution < -0.4 is 19.5 Å². The molecule has 0 bridgehead atoms. The Morgan fingerprint density at radius 1 is 0.836 bits per heavy atom. The van der Waals surface area contributed by atoms with Crippen molar-refractivity contribution in [3.05, 3.63) is 105 Å². The van der Waals surface area contributed by atoms with E-state index in [1.807, 2.05) is 61.5 Å². The van der Waals surface area contributed by atoms with Crippen molar-refractivity contribution >= 4 is 50.5 Å². The Morgan fingerprint density at radius 2 is 1.35 bits per heavy atom. The molecule has 1 aromatic heterocycles. The molecule has 55 heavy (non-hydrogen) atoms. The maximum Gasteiger partial charge on any atom is 0.407 e. The number of ether oxygens (including phenoxy) is 4. The Bertz CT molecular complexity index is 2110. The number of nitrogens with one attached hydrogen (secondary N) is 1. The number of hydrogen-bond acceptors (Lipinski definition) is 11. The van der Waals surface area contributed by atoms with Crippen molar-refractivity contribution in [3.8, 4) is 28.6 Å². The van der Waals surface area contributed by atoms with E-state index in [9.17, 15) is 4.79 Å². The molecule has 292 valence electrons. The van der Waals surface area contributed by atoms with Gasteiger partial charge in [-0.05, 0) is 121 Å². The van der Waals surface area contributed by atoms with E-state index in [1.165, 1.54) is 20.9 Å². The first-order valence-corrected chi connectivity index (χ1v) is 20.8. The van der Waals surface area contributed by atoms with Gasteiger partial charge in [0.05, 0.1) is 33.4 Å². The topological polar surface area (TPSA) is 147 Å². The third-order valence-corrected chi connectivity index (χ3v) is 12.3. The molecule has 13 nitrogen and oxygen atoms in total. The van der Waals surface area contributed by atoms with Gasteiger partial charge in [-0.15, -0.1) is 22.0 Å². The summed E-state index contributed by atoms with van der Waals surface area (Å²) in [5, 5.41) is 16.2. The van der Waals surface area contributed by atoms with Gasteiger partial charge in [-0.1, -0.05) is 36.4 Å². The van der Waals surface area contributed by atoms with Crippen molar-refractivity contribution in [2.75, 3.05) is 27.1 Å². The Hall–Kier alpha value is -4.39. The normalized spacial score (nSPS) is 12.3. The van der Waals surface area contributed by atoms with E-state index in [0.717, 1.165) is 22.4 Å². The lowest BCUT2D eigenvalue weighted by Gasteiger charge is -2.26. The Balaban J connectivity index is 1.59. The lowest BCUT2D eigenvalue weighted by molar-refractivity contribution is 0.0513. The number of sulfonamides is 1. The van der Waals surface area contributed by atoms with Crippen LogP contribution in [-0.4, -0.2) is 77.7 Å². The molecule has 5 aromatic rings. The summed E-state index contributed by atoms with van der Waals surface area (Å²) < 4.78 is 54.3. The van der Waals surface area contributed by atoms with E-state index < -0.39 is 21.7 Å². The van der Waals surface area contributed by atoms with Gasteiger partial charge in [0.2, 0.25) is 15.8 Å². The van der Waals surface area contributed by atoms with E-state index in [2.05, 4.69) is 38.2 Å². The zero-order valence-electron chi connectivity index (χ0n) is 31.8. The molecule has 4 aromatic carbocycles. The fourth-order valence-corrected chi connectivity index (χ4v) is 9.37. The minimum atomic E-state index is -4.31. The highest BCUT2D eigenvalue weighted by Gasteiger charge is 2.34. The summed E-state index contributed by atoms with van der Waals surface area (Å²) in [4.78, 5) is 14.5. The lowest BCUT2D eigenvalue weighted by atomic mass is 10.2. The molecule has 1 unspecified atom stereocenters. The van der Waals surface area contributed by atoms with Gasteiger partial charge in [0.15, 0.2) is 0 Å². The molecule has 1 amide bonds. The minimum absolute atomic E-state index is 0.0416. The van der Waals surface area contributed by atoms with E-state index in [1.54, 1.807) is 72.4 Å². The number of carbonyl (C=O) groups is 1. The second-order valence-electron chi connectivity index (χ2n) is 13.6. The molecular weight excluding hydrogens is 856 g/mol. The summed E-state index contributed by atoms with van der Waals surface area (Å²) >= 11 is 3.42. The number of nitrogens with zero attached hydrogens (tertiary/aromatic N) is 5. The van der Waals surface area contributed by atoms with Crippen LogP contribution in [0.5, 0.6) is 17.2 Å². The van der Waals surface area contributed by atoms with Crippen molar-refractivity contribution in [2.24, 2.45) is 0 Å². The van der Waals surface area contributed by atoms with Crippen molar-refractivity contribution in [1.29, 1.82) is 0 Å². The van der Waals surface area contributed by atoms with Crippen LogP contribution in [0.3, 0.4) is 0 Å². The lowest BCUT2D eigenvalue weighted by Crippen LogP contribution is -2.38. The molecular formula is C39H45IN6O7S2. The molecule has 0 spiro atoms. The van der Waals surface area contributed by atoms with Crippen molar-refractivity contribution < 1.29 is 32.2 Å². The molecule has 16 heteroatoms. The second-order valence-corrected chi connectivity index (χ2v) is 17.7. The van der Waals surface area contributed by atoms with Gasteiger partial charge in [-0.25, -0.2) is 13.2 Å². The SMILES string of the molecule is COc1ccc(CN(Cc2ccc(OC)cc2)S(=O)(=O)c2c(SCC(C)NC(=O)OC(C)(C)C)ccc(I)c2-c2nnn(Cc3ccc(OC)cc3)n2)cc1. The number of alkyl carbamates (subject to hydrolysis) is 1. The number of carbonyl (C=O) groups excluding carboxylic acids is 1. The predicted octanol–water partition coefficient (Wildman–Crippen LogP) is 7.42. The number of thioether (sulfide) groups is 1. The quantitative estimate of drug-likeness (QED) is 0.0780. The summed E-state index contributed by atoms with van der Waals surface area (Å²) in [6, 6.07) is 25.3. The van der Waals surface area contributed by atoms with Gasteiger partial charge in [-0.2, -0.15) is 9.10 Å².